The molecule has 0 saturated carbocycles. The van der Waals surface area contributed by atoms with Gasteiger partial charge in [-0.3, -0.25) is 14.6 Å². The highest BCUT2D eigenvalue weighted by Gasteiger charge is 2.18. The number of nitrogens with zero attached hydrogens (tertiary/aromatic N) is 1. The molecule has 4 heteroatoms. The number of hydrogen-bond acceptors (Lipinski definition) is 4. The lowest BCUT2D eigenvalue weighted by molar-refractivity contribution is -0.130. The lowest BCUT2D eigenvalue weighted by Gasteiger charge is -1.94. The van der Waals surface area contributed by atoms with Crippen LogP contribution in [0.1, 0.15) is 0 Å². The van der Waals surface area contributed by atoms with Crippen molar-refractivity contribution in [1.29, 1.82) is 0 Å². The number of hydrogen-bond donors (Lipinski definition) is 0. The van der Waals surface area contributed by atoms with Crippen molar-refractivity contribution in [2.75, 3.05) is 5.75 Å². The second kappa shape index (κ2) is 2.77. The van der Waals surface area contributed by atoms with Crippen LogP contribution in [0.4, 0.5) is 0 Å². The topological polar surface area (TPSA) is 46.5 Å². The van der Waals surface area contributed by atoms with Crippen molar-refractivity contribution >= 4 is 29.4 Å². The summed E-state index contributed by atoms with van der Waals surface area (Å²) in [6.07, 6.45) is 0.307. The van der Waals surface area contributed by atoms with Crippen molar-refractivity contribution < 1.29 is 9.59 Å². The average molecular weight is 142 g/mol. The van der Waals surface area contributed by atoms with Gasteiger partial charge in [-0.2, -0.15) is 0 Å². The fourth-order valence-electron chi connectivity index (χ4n) is 0.479. The molecule has 0 spiro atoms. The second-order valence-electron chi connectivity index (χ2n) is 1.57. The van der Waals surface area contributed by atoms with E-state index in [0.29, 0.717) is 12.0 Å². The van der Waals surface area contributed by atoms with Gasteiger partial charge in [-0.15, -0.1) is 11.8 Å². The number of carbonyl (C=O) groups excluding carboxylic acids is 2. The van der Waals surface area contributed by atoms with Gasteiger partial charge in [-0.05, 0) is 0 Å². The Bertz CT molecular complexity index is 166. The van der Waals surface area contributed by atoms with Gasteiger partial charge in [0, 0.05) is 5.75 Å². The van der Waals surface area contributed by atoms with Crippen LogP contribution in [-0.4, -0.2) is 29.4 Å². The van der Waals surface area contributed by atoms with Crippen LogP contribution in [0.5, 0.6) is 0 Å². The molecule has 0 aromatic rings. The fraction of sp³-hybridized carbons (Fsp3) is 0.400. The molecule has 0 aliphatic carbocycles. The van der Waals surface area contributed by atoms with Crippen LogP contribution in [0.15, 0.2) is 4.99 Å². The number of aldehydes is 1. The van der Waals surface area contributed by atoms with Crippen LogP contribution >= 0.6 is 11.8 Å². The first-order valence-corrected chi connectivity index (χ1v) is 3.39. The quantitative estimate of drug-likeness (QED) is 0.395. The van der Waals surface area contributed by atoms with Gasteiger partial charge < -0.3 is 0 Å². The van der Waals surface area contributed by atoms with Crippen LogP contribution in [-0.2, 0) is 9.59 Å². The van der Waals surface area contributed by atoms with Crippen molar-refractivity contribution in [3.63, 3.8) is 0 Å². The van der Waals surface area contributed by atoms with Gasteiger partial charge >= 0.3 is 0 Å². The SMILES string of the molecule is O=CC(=O)C1CS[C]=N1. The molecule has 0 bridgehead atoms. The Balaban J connectivity index is 2.52. The summed E-state index contributed by atoms with van der Waals surface area (Å²) in [4.78, 5) is 24.0. The van der Waals surface area contributed by atoms with Gasteiger partial charge in [0.05, 0.1) is 0 Å². The third kappa shape index (κ3) is 1.38. The second-order valence-corrected chi connectivity index (χ2v) is 2.37. The zero-order valence-electron chi connectivity index (χ0n) is 4.53. The maximum absolute atomic E-state index is 10.5. The molecule has 0 fully saturated rings. The van der Waals surface area contributed by atoms with Crippen LogP contribution < -0.4 is 0 Å². The molecule has 1 heterocycles. The molecule has 47 valence electrons. The summed E-state index contributed by atoms with van der Waals surface area (Å²) < 4.78 is 0. The third-order valence-corrected chi connectivity index (χ3v) is 1.68. The molecule has 1 aliphatic rings. The van der Waals surface area contributed by atoms with Crippen molar-refractivity contribution in [1.82, 2.24) is 0 Å². The number of ketones is 1. The lowest BCUT2D eigenvalue weighted by Crippen LogP contribution is -2.19. The Hall–Kier alpha value is -0.640. The number of carbonyl (C=O) groups is 2. The molecule has 9 heavy (non-hydrogen) atoms. The minimum Gasteiger partial charge on any atom is -0.295 e. The lowest BCUT2D eigenvalue weighted by atomic mass is 10.2. The molecule has 1 atom stereocenters. The average Bonchev–Trinajstić information content (AvgIpc) is 2.37. The molecule has 0 N–H and O–H groups in total. The highest BCUT2D eigenvalue weighted by atomic mass is 32.2. The first-order valence-electron chi connectivity index (χ1n) is 2.40. The smallest absolute Gasteiger partial charge is 0.220 e. The van der Waals surface area contributed by atoms with E-state index in [1.165, 1.54) is 11.8 Å². The maximum atomic E-state index is 10.5. The summed E-state index contributed by atoms with van der Waals surface area (Å²) in [5, 5.41) is 0. The molecule has 0 aromatic carbocycles. The van der Waals surface area contributed by atoms with E-state index in [4.69, 9.17) is 0 Å². The van der Waals surface area contributed by atoms with Gasteiger partial charge in [0.25, 0.3) is 0 Å². The number of aliphatic imine (C=N–C) groups is 1. The Morgan fingerprint density at radius 3 is 3.11 bits per heavy atom. The first kappa shape index (κ1) is 6.48. The minimum absolute atomic E-state index is 0.307. The van der Waals surface area contributed by atoms with Crippen molar-refractivity contribution in [3.05, 3.63) is 0 Å². The molecule has 1 unspecified atom stereocenters. The van der Waals surface area contributed by atoms with Gasteiger partial charge in [-0.1, -0.05) is 0 Å². The summed E-state index contributed by atoms with van der Waals surface area (Å²) in [7, 11) is 0. The fourth-order valence-corrected chi connectivity index (χ4v) is 1.15. The third-order valence-electron chi connectivity index (χ3n) is 0.959. The monoisotopic (exact) mass is 142 g/mol. The van der Waals surface area contributed by atoms with Crippen molar-refractivity contribution in [2.45, 2.75) is 6.04 Å². The Labute approximate surface area is 56.5 Å². The molecule has 3 nitrogen and oxygen atoms in total. The predicted molar refractivity (Wildman–Crippen MR) is 34.8 cm³/mol. The zero-order chi connectivity index (χ0) is 6.69. The van der Waals surface area contributed by atoms with Crippen LogP contribution in [0.3, 0.4) is 0 Å². The van der Waals surface area contributed by atoms with Crippen molar-refractivity contribution in [2.24, 2.45) is 4.99 Å². The molecule has 0 saturated heterocycles. The number of Topliss-reactive ketones (excluding diaryl/α,β-unsaturated/α-hetero) is 1. The molecular weight excluding hydrogens is 138 g/mol. The predicted octanol–water partition coefficient (Wildman–Crippen LogP) is -0.225. The van der Waals surface area contributed by atoms with Gasteiger partial charge in [0.1, 0.15) is 11.6 Å². The highest BCUT2D eigenvalue weighted by Crippen LogP contribution is 2.10. The molecular formula is C5H4NO2S. The van der Waals surface area contributed by atoms with E-state index in [0.717, 1.165) is 0 Å². The molecule has 0 aromatic heterocycles. The van der Waals surface area contributed by atoms with E-state index in [2.05, 4.69) is 10.5 Å². The molecule has 1 rings (SSSR count). The van der Waals surface area contributed by atoms with Crippen molar-refractivity contribution in [3.8, 4) is 0 Å². The normalized spacial score (nSPS) is 24.2. The molecule has 1 radical (unpaired) electrons. The van der Waals surface area contributed by atoms with E-state index >= 15 is 0 Å². The van der Waals surface area contributed by atoms with Gasteiger partial charge in [0.2, 0.25) is 5.78 Å². The summed E-state index contributed by atoms with van der Waals surface area (Å²) in [5.41, 5.74) is 2.55. The summed E-state index contributed by atoms with van der Waals surface area (Å²) in [5.74, 6) is 0.116. The first-order chi connectivity index (χ1) is 4.34. The van der Waals surface area contributed by atoms with Crippen LogP contribution in [0.2, 0.25) is 0 Å². The summed E-state index contributed by atoms with van der Waals surface area (Å²) in [6, 6.07) is -0.451. The van der Waals surface area contributed by atoms with E-state index in [1.807, 2.05) is 0 Å². The van der Waals surface area contributed by atoms with Gasteiger partial charge in [-0.25, -0.2) is 0 Å². The Morgan fingerprint density at radius 2 is 2.67 bits per heavy atom. The van der Waals surface area contributed by atoms with Gasteiger partial charge in [0.15, 0.2) is 6.29 Å². The van der Waals surface area contributed by atoms with E-state index in [9.17, 15) is 9.59 Å². The Morgan fingerprint density at radius 1 is 1.89 bits per heavy atom. The zero-order valence-corrected chi connectivity index (χ0v) is 5.35. The Kier molecular flexibility index (Phi) is 2.00. The number of rotatable bonds is 2. The summed E-state index contributed by atoms with van der Waals surface area (Å²) in [6.45, 7) is 0. The van der Waals surface area contributed by atoms with E-state index in [-0.39, 0.29) is 0 Å². The molecule has 0 amide bonds. The van der Waals surface area contributed by atoms with Crippen LogP contribution in [0.25, 0.3) is 0 Å². The highest BCUT2D eigenvalue weighted by molar-refractivity contribution is 8.12. The minimum atomic E-state index is -0.451. The largest absolute Gasteiger partial charge is 0.295 e. The summed E-state index contributed by atoms with van der Waals surface area (Å²) >= 11 is 1.33. The standard InChI is InChI=1S/C5H4NO2S/c7-1-5(8)4-2-9-3-6-4/h1,4H,2H2. The van der Waals surface area contributed by atoms with E-state index in [1.54, 1.807) is 0 Å². The maximum Gasteiger partial charge on any atom is 0.220 e. The molecule has 1 aliphatic heterocycles. The van der Waals surface area contributed by atoms with Crippen LogP contribution in [0, 0.1) is 0 Å². The van der Waals surface area contributed by atoms with E-state index < -0.39 is 11.8 Å². The number of thioether (sulfide) groups is 1.